The number of ether oxygens (including phenoxy) is 1. The number of aromatic nitrogens is 3. The van der Waals surface area contributed by atoms with E-state index in [2.05, 4.69) is 10.1 Å². The Balaban J connectivity index is 2.21. The van der Waals surface area contributed by atoms with Crippen molar-refractivity contribution in [3.05, 3.63) is 30.6 Å². The zero-order chi connectivity index (χ0) is 12.3. The summed E-state index contributed by atoms with van der Waals surface area (Å²) in [4.78, 5) is 14.5. The number of hydrogen-bond donors (Lipinski definition) is 1. The van der Waals surface area contributed by atoms with Gasteiger partial charge in [0.15, 0.2) is 5.82 Å². The van der Waals surface area contributed by atoms with Crippen molar-refractivity contribution in [1.29, 1.82) is 0 Å². The average Bonchev–Trinajstić information content (AvgIpc) is 2.77. The number of rotatable bonds is 4. The molecule has 17 heavy (non-hydrogen) atoms. The molecule has 0 fully saturated rings. The van der Waals surface area contributed by atoms with Gasteiger partial charge in [-0.3, -0.25) is 4.79 Å². The van der Waals surface area contributed by atoms with Gasteiger partial charge >= 0.3 is 5.97 Å². The van der Waals surface area contributed by atoms with E-state index in [4.69, 9.17) is 9.84 Å². The summed E-state index contributed by atoms with van der Waals surface area (Å²) in [7, 11) is 1.59. The maximum Gasteiger partial charge on any atom is 0.325 e. The molecule has 0 aliphatic carbocycles. The maximum atomic E-state index is 10.5. The molecule has 1 N–H and O–H groups in total. The lowest BCUT2D eigenvalue weighted by Gasteiger charge is -1.99. The van der Waals surface area contributed by atoms with Gasteiger partial charge in [0.1, 0.15) is 18.6 Å². The summed E-state index contributed by atoms with van der Waals surface area (Å²) >= 11 is 0. The molecule has 0 saturated heterocycles. The highest BCUT2D eigenvalue weighted by Gasteiger charge is 2.06. The molecule has 0 unspecified atom stereocenters. The van der Waals surface area contributed by atoms with Crippen LogP contribution >= 0.6 is 0 Å². The van der Waals surface area contributed by atoms with Gasteiger partial charge in [0.25, 0.3) is 0 Å². The van der Waals surface area contributed by atoms with E-state index < -0.39 is 5.97 Å². The van der Waals surface area contributed by atoms with Crippen molar-refractivity contribution in [2.45, 2.75) is 6.54 Å². The lowest BCUT2D eigenvalue weighted by Crippen LogP contribution is -2.08. The Morgan fingerprint density at radius 1 is 1.41 bits per heavy atom. The number of hydrogen-bond acceptors (Lipinski definition) is 4. The monoisotopic (exact) mass is 233 g/mol. The molecule has 1 aromatic carbocycles. The normalized spacial score (nSPS) is 10.2. The fourth-order valence-corrected chi connectivity index (χ4v) is 1.38. The van der Waals surface area contributed by atoms with Crippen molar-refractivity contribution in [2.24, 2.45) is 0 Å². The van der Waals surface area contributed by atoms with Gasteiger partial charge in [0.2, 0.25) is 0 Å². The number of benzene rings is 1. The zero-order valence-corrected chi connectivity index (χ0v) is 9.20. The summed E-state index contributed by atoms with van der Waals surface area (Å²) < 4.78 is 6.32. The smallest absolute Gasteiger partial charge is 0.325 e. The second kappa shape index (κ2) is 4.65. The molecule has 2 aromatic rings. The molecule has 6 heteroatoms. The molecule has 1 aromatic heterocycles. The van der Waals surface area contributed by atoms with Crippen LogP contribution in [0.4, 0.5) is 0 Å². The summed E-state index contributed by atoms with van der Waals surface area (Å²) in [6, 6.07) is 7.24. The largest absolute Gasteiger partial charge is 0.497 e. The van der Waals surface area contributed by atoms with Crippen molar-refractivity contribution in [1.82, 2.24) is 14.8 Å². The Morgan fingerprint density at radius 2 is 2.12 bits per heavy atom. The lowest BCUT2D eigenvalue weighted by molar-refractivity contribution is -0.137. The van der Waals surface area contributed by atoms with Crippen molar-refractivity contribution >= 4 is 5.97 Å². The Hall–Kier alpha value is -2.37. The highest BCUT2D eigenvalue weighted by molar-refractivity contribution is 5.66. The molecule has 0 saturated carbocycles. The van der Waals surface area contributed by atoms with Crippen molar-refractivity contribution in [3.8, 4) is 17.1 Å². The molecule has 0 aliphatic heterocycles. The first-order valence-electron chi connectivity index (χ1n) is 4.94. The van der Waals surface area contributed by atoms with E-state index in [9.17, 15) is 4.79 Å². The van der Waals surface area contributed by atoms with Crippen LogP contribution < -0.4 is 4.74 Å². The highest BCUT2D eigenvalue weighted by atomic mass is 16.5. The average molecular weight is 233 g/mol. The van der Waals surface area contributed by atoms with Crippen molar-refractivity contribution in [3.63, 3.8) is 0 Å². The van der Waals surface area contributed by atoms with Crippen LogP contribution in [0.25, 0.3) is 11.4 Å². The third kappa shape index (κ3) is 2.60. The van der Waals surface area contributed by atoms with Gasteiger partial charge in [-0.25, -0.2) is 9.67 Å². The third-order valence-electron chi connectivity index (χ3n) is 2.18. The van der Waals surface area contributed by atoms with E-state index in [-0.39, 0.29) is 6.54 Å². The summed E-state index contributed by atoms with van der Waals surface area (Å²) in [5.41, 5.74) is 0.815. The predicted octanol–water partition coefficient (Wildman–Crippen LogP) is 1.04. The number of aliphatic carboxylic acids is 1. The minimum Gasteiger partial charge on any atom is -0.497 e. The highest BCUT2D eigenvalue weighted by Crippen LogP contribution is 2.18. The van der Waals surface area contributed by atoms with Crippen LogP contribution in [0.3, 0.4) is 0 Å². The quantitative estimate of drug-likeness (QED) is 0.853. The molecule has 0 spiro atoms. The molecule has 0 aliphatic rings. The van der Waals surface area contributed by atoms with E-state index in [0.717, 1.165) is 11.3 Å². The SMILES string of the molecule is COc1ccc(-c2ncn(CC(=O)O)n2)cc1. The Morgan fingerprint density at radius 3 is 2.71 bits per heavy atom. The number of methoxy groups -OCH3 is 1. The topological polar surface area (TPSA) is 77.2 Å². The summed E-state index contributed by atoms with van der Waals surface area (Å²) in [6.45, 7) is -0.191. The lowest BCUT2D eigenvalue weighted by atomic mass is 10.2. The Labute approximate surface area is 97.5 Å². The van der Waals surface area contributed by atoms with E-state index >= 15 is 0 Å². The second-order valence-corrected chi connectivity index (χ2v) is 3.39. The number of carboxylic acids is 1. The predicted molar refractivity (Wildman–Crippen MR) is 59.6 cm³/mol. The van der Waals surface area contributed by atoms with Crippen LogP contribution in [0.1, 0.15) is 0 Å². The molecule has 2 rings (SSSR count). The number of carboxylic acid groups (broad SMARTS) is 1. The molecular formula is C11H11N3O3. The van der Waals surface area contributed by atoms with Gasteiger partial charge in [0, 0.05) is 5.56 Å². The maximum absolute atomic E-state index is 10.5. The van der Waals surface area contributed by atoms with E-state index in [1.54, 1.807) is 19.2 Å². The van der Waals surface area contributed by atoms with Gasteiger partial charge in [-0.15, -0.1) is 0 Å². The minimum atomic E-state index is -0.948. The van der Waals surface area contributed by atoms with Crippen LogP contribution in [0.5, 0.6) is 5.75 Å². The Bertz CT molecular complexity index is 519. The minimum absolute atomic E-state index is 0.191. The standard InChI is InChI=1S/C11H11N3O3/c1-17-9-4-2-8(3-5-9)11-12-7-14(13-11)6-10(15)16/h2-5,7H,6H2,1H3,(H,15,16). The summed E-state index contributed by atoms with van der Waals surface area (Å²) in [5, 5.41) is 12.7. The first kappa shape index (κ1) is 11.1. The fraction of sp³-hybridized carbons (Fsp3) is 0.182. The third-order valence-corrected chi connectivity index (χ3v) is 2.18. The van der Waals surface area contributed by atoms with Crippen LogP contribution in [-0.2, 0) is 11.3 Å². The first-order chi connectivity index (χ1) is 8.19. The van der Waals surface area contributed by atoms with Crippen LogP contribution in [0.2, 0.25) is 0 Å². The molecule has 88 valence electrons. The molecule has 0 atom stereocenters. The molecule has 0 amide bonds. The van der Waals surface area contributed by atoms with Gasteiger partial charge in [-0.2, -0.15) is 5.10 Å². The number of nitrogens with zero attached hydrogens (tertiary/aromatic N) is 3. The molecule has 0 bridgehead atoms. The fourth-order valence-electron chi connectivity index (χ4n) is 1.38. The summed E-state index contributed by atoms with van der Waals surface area (Å²) in [6.07, 6.45) is 1.40. The second-order valence-electron chi connectivity index (χ2n) is 3.39. The van der Waals surface area contributed by atoms with E-state index in [1.807, 2.05) is 12.1 Å². The number of carbonyl (C=O) groups is 1. The van der Waals surface area contributed by atoms with Crippen LogP contribution in [0.15, 0.2) is 30.6 Å². The van der Waals surface area contributed by atoms with Gasteiger partial charge in [-0.1, -0.05) is 0 Å². The van der Waals surface area contributed by atoms with Crippen molar-refractivity contribution in [2.75, 3.05) is 7.11 Å². The molecule has 6 nitrogen and oxygen atoms in total. The zero-order valence-electron chi connectivity index (χ0n) is 9.20. The molecule has 0 radical (unpaired) electrons. The van der Waals surface area contributed by atoms with Crippen LogP contribution in [0, 0.1) is 0 Å². The van der Waals surface area contributed by atoms with Gasteiger partial charge in [-0.05, 0) is 24.3 Å². The Kier molecular flexibility index (Phi) is 3.04. The molecule has 1 heterocycles. The van der Waals surface area contributed by atoms with E-state index in [0.29, 0.717) is 5.82 Å². The van der Waals surface area contributed by atoms with Gasteiger partial charge < -0.3 is 9.84 Å². The summed E-state index contributed by atoms with van der Waals surface area (Å²) in [5.74, 6) is 0.295. The molecular weight excluding hydrogens is 222 g/mol. The van der Waals surface area contributed by atoms with Crippen molar-refractivity contribution < 1.29 is 14.6 Å². The van der Waals surface area contributed by atoms with Gasteiger partial charge in [0.05, 0.1) is 7.11 Å². The van der Waals surface area contributed by atoms with E-state index in [1.165, 1.54) is 11.0 Å². The first-order valence-corrected chi connectivity index (χ1v) is 4.94. The van der Waals surface area contributed by atoms with Crippen LogP contribution in [-0.4, -0.2) is 33.0 Å².